The summed E-state index contributed by atoms with van der Waals surface area (Å²) in [5.74, 6) is -1.50. The molecule has 0 bridgehead atoms. The summed E-state index contributed by atoms with van der Waals surface area (Å²) < 4.78 is 0. The molecule has 0 aromatic carbocycles. The van der Waals surface area contributed by atoms with Crippen LogP contribution in [-0.2, 0) is 4.79 Å². The van der Waals surface area contributed by atoms with Crippen LogP contribution in [-0.4, -0.2) is 60.8 Å². The number of hydrogen-bond donors (Lipinski definition) is 5. The second kappa shape index (κ2) is 5.63. The van der Waals surface area contributed by atoms with Gasteiger partial charge in [-0.05, 0) is 50.9 Å². The van der Waals surface area contributed by atoms with Gasteiger partial charge in [0.05, 0.1) is 18.3 Å². The molecule has 9 atom stereocenters. The van der Waals surface area contributed by atoms with Gasteiger partial charge in [-0.2, -0.15) is 0 Å². The fraction of sp³-hybridized carbons (Fsp3) is 0.857. The van der Waals surface area contributed by atoms with Crippen molar-refractivity contribution in [3.63, 3.8) is 0 Å². The third-order valence-corrected chi connectivity index (χ3v) is 8.94. The summed E-state index contributed by atoms with van der Waals surface area (Å²) in [4.78, 5) is 12.3. The summed E-state index contributed by atoms with van der Waals surface area (Å²) in [6, 6.07) is 0. The third kappa shape index (κ3) is 2.06. The second-order valence-corrected chi connectivity index (χ2v) is 9.93. The van der Waals surface area contributed by atoms with Crippen LogP contribution in [0.3, 0.4) is 0 Å². The quantitative estimate of drug-likeness (QED) is 0.427. The van der Waals surface area contributed by atoms with E-state index in [1.54, 1.807) is 6.92 Å². The molecule has 6 nitrogen and oxygen atoms in total. The van der Waals surface area contributed by atoms with Crippen molar-refractivity contribution in [2.24, 2.45) is 22.7 Å². The molecule has 5 N–H and O–H groups in total. The summed E-state index contributed by atoms with van der Waals surface area (Å²) in [7, 11) is 0. The van der Waals surface area contributed by atoms with Gasteiger partial charge in [0.15, 0.2) is 0 Å². The summed E-state index contributed by atoms with van der Waals surface area (Å²) in [5, 5.41) is 56.2. The van der Waals surface area contributed by atoms with Crippen molar-refractivity contribution in [2.75, 3.05) is 0 Å². The number of aliphatic hydroxyl groups excluding tert-OH is 3. The number of rotatable bonds is 1. The Bertz CT molecular complexity index is 705. The minimum Gasteiger partial charge on any atom is -0.393 e. The van der Waals surface area contributed by atoms with E-state index in [0.29, 0.717) is 25.7 Å². The van der Waals surface area contributed by atoms with E-state index >= 15 is 0 Å². The largest absolute Gasteiger partial charge is 0.393 e. The Morgan fingerprint density at radius 1 is 1.11 bits per heavy atom. The highest BCUT2D eigenvalue weighted by molar-refractivity contribution is 5.80. The predicted octanol–water partition coefficient (Wildman–Crippen LogP) is 0.687. The van der Waals surface area contributed by atoms with Gasteiger partial charge in [-0.3, -0.25) is 4.79 Å². The molecular formula is C21H32O6. The van der Waals surface area contributed by atoms with Crippen LogP contribution in [0, 0.1) is 22.7 Å². The van der Waals surface area contributed by atoms with E-state index in [2.05, 4.69) is 0 Å². The van der Waals surface area contributed by atoms with Gasteiger partial charge in [-0.1, -0.05) is 25.5 Å². The Hall–Kier alpha value is -0.790. The van der Waals surface area contributed by atoms with Gasteiger partial charge in [0.2, 0.25) is 0 Å². The fourth-order valence-electron chi connectivity index (χ4n) is 7.41. The average Bonchev–Trinajstić information content (AvgIpc) is 2.88. The van der Waals surface area contributed by atoms with Crippen LogP contribution in [0.2, 0.25) is 0 Å². The first-order valence-corrected chi connectivity index (χ1v) is 10.1. The lowest BCUT2D eigenvalue weighted by atomic mass is 9.42. The highest BCUT2D eigenvalue weighted by atomic mass is 16.4. The maximum absolute atomic E-state index is 12.3. The molecule has 0 saturated heterocycles. The van der Waals surface area contributed by atoms with Gasteiger partial charge in [-0.15, -0.1) is 0 Å². The van der Waals surface area contributed by atoms with E-state index in [1.807, 2.05) is 13.0 Å². The number of fused-ring (bicyclic) bond motifs is 5. The van der Waals surface area contributed by atoms with Crippen LogP contribution in [0.25, 0.3) is 0 Å². The minimum atomic E-state index is -1.67. The molecule has 0 spiro atoms. The molecular weight excluding hydrogens is 348 g/mol. The molecule has 4 rings (SSSR count). The van der Waals surface area contributed by atoms with E-state index < -0.39 is 52.2 Å². The van der Waals surface area contributed by atoms with Gasteiger partial charge in [0, 0.05) is 17.3 Å². The van der Waals surface area contributed by atoms with Gasteiger partial charge < -0.3 is 25.5 Å². The summed E-state index contributed by atoms with van der Waals surface area (Å²) >= 11 is 0. The molecule has 3 saturated carbocycles. The predicted molar refractivity (Wildman–Crippen MR) is 97.6 cm³/mol. The molecule has 0 radical (unpaired) electrons. The number of ketones is 1. The Morgan fingerprint density at radius 3 is 2.41 bits per heavy atom. The fourth-order valence-corrected chi connectivity index (χ4v) is 7.41. The summed E-state index contributed by atoms with van der Waals surface area (Å²) in [6.07, 6.45) is 1.24. The Morgan fingerprint density at radius 2 is 1.78 bits per heavy atom. The van der Waals surface area contributed by atoms with Crippen molar-refractivity contribution < 1.29 is 30.3 Å². The first-order chi connectivity index (χ1) is 12.4. The second-order valence-electron chi connectivity index (χ2n) is 9.93. The van der Waals surface area contributed by atoms with Gasteiger partial charge >= 0.3 is 0 Å². The van der Waals surface area contributed by atoms with E-state index in [1.165, 1.54) is 6.92 Å². The molecule has 27 heavy (non-hydrogen) atoms. The number of carbonyl (C=O) groups excluding carboxylic acids is 1. The molecule has 0 amide bonds. The maximum Gasteiger partial charge on any atom is 0.133 e. The number of carbonyl (C=O) groups is 1. The minimum absolute atomic E-state index is 0.138. The molecule has 4 aliphatic carbocycles. The number of hydrogen-bond acceptors (Lipinski definition) is 6. The summed E-state index contributed by atoms with van der Waals surface area (Å²) in [6.45, 7) is 5.04. The highest BCUT2D eigenvalue weighted by Crippen LogP contribution is 2.69. The molecule has 0 aliphatic heterocycles. The monoisotopic (exact) mass is 380 g/mol. The van der Waals surface area contributed by atoms with E-state index in [0.717, 1.165) is 5.57 Å². The molecule has 0 aromatic rings. The van der Waals surface area contributed by atoms with E-state index in [9.17, 15) is 30.3 Å². The first kappa shape index (κ1) is 19.5. The average molecular weight is 380 g/mol. The Balaban J connectivity index is 1.89. The van der Waals surface area contributed by atoms with Gasteiger partial charge in [0.25, 0.3) is 0 Å². The smallest absolute Gasteiger partial charge is 0.133 e. The van der Waals surface area contributed by atoms with Gasteiger partial charge in [0.1, 0.15) is 17.0 Å². The summed E-state index contributed by atoms with van der Waals surface area (Å²) in [5.41, 5.74) is -4.24. The van der Waals surface area contributed by atoms with Crippen LogP contribution in [0.4, 0.5) is 0 Å². The first-order valence-electron chi connectivity index (χ1n) is 10.1. The van der Waals surface area contributed by atoms with Crippen molar-refractivity contribution >= 4 is 5.78 Å². The zero-order valence-corrected chi connectivity index (χ0v) is 16.4. The van der Waals surface area contributed by atoms with Crippen LogP contribution in [0.15, 0.2) is 11.6 Å². The standard InChI is InChI=1S/C21H32O6/c1-11(22)14-6-9-21(27)19(14,3)17(25)15(24)16-18(2)7-5-13(23)10-12(18)4-8-20(16,21)26/h4,13-17,23-27H,5-10H2,1-3H3/t13-,14-,15-,16+,17+,18-,19-,20-,21+/m0/s1. The molecule has 0 aromatic heterocycles. The van der Waals surface area contributed by atoms with E-state index in [4.69, 9.17) is 0 Å². The molecule has 6 heteroatoms. The normalized spacial score (nSPS) is 57.3. The van der Waals surface area contributed by atoms with Crippen molar-refractivity contribution in [2.45, 2.75) is 88.8 Å². The lowest BCUT2D eigenvalue weighted by Crippen LogP contribution is -2.79. The zero-order valence-electron chi connectivity index (χ0n) is 16.4. The van der Waals surface area contributed by atoms with Crippen LogP contribution >= 0.6 is 0 Å². The van der Waals surface area contributed by atoms with E-state index in [-0.39, 0.29) is 18.6 Å². The molecule has 3 fully saturated rings. The number of aliphatic hydroxyl groups is 5. The molecule has 0 unspecified atom stereocenters. The molecule has 4 aliphatic rings. The third-order valence-electron chi connectivity index (χ3n) is 8.94. The van der Waals surface area contributed by atoms with Crippen LogP contribution < -0.4 is 0 Å². The van der Waals surface area contributed by atoms with Crippen molar-refractivity contribution in [3.05, 3.63) is 11.6 Å². The lowest BCUT2D eigenvalue weighted by Gasteiger charge is -2.67. The van der Waals surface area contributed by atoms with Crippen molar-refractivity contribution in [1.82, 2.24) is 0 Å². The maximum atomic E-state index is 12.3. The van der Waals surface area contributed by atoms with Crippen molar-refractivity contribution in [1.29, 1.82) is 0 Å². The Kier molecular flexibility index (Phi) is 4.07. The number of Topliss-reactive ketones (excluding diaryl/α,β-unsaturated/α-hetero) is 1. The molecule has 152 valence electrons. The topological polar surface area (TPSA) is 118 Å². The zero-order chi connectivity index (χ0) is 20.0. The molecule has 0 heterocycles. The Labute approximate surface area is 159 Å². The van der Waals surface area contributed by atoms with Crippen LogP contribution in [0.5, 0.6) is 0 Å². The lowest BCUT2D eigenvalue weighted by molar-refractivity contribution is -0.327. The highest BCUT2D eigenvalue weighted by Gasteiger charge is 2.78. The van der Waals surface area contributed by atoms with Crippen LogP contribution in [0.1, 0.15) is 59.3 Å². The SMILES string of the molecule is CC(=O)[C@@H]1CC[C@@]2(O)[C@]1(C)[C@H](O)[C@@H](O)[C@@H]1[C@@]3(C)CC[C@H](O)CC3=CC[C@]12O. The van der Waals surface area contributed by atoms with Crippen molar-refractivity contribution in [3.8, 4) is 0 Å². The van der Waals surface area contributed by atoms with Gasteiger partial charge in [-0.25, -0.2) is 0 Å².